The standard InChI is InChI=1S/C27H22ClN3O3S2/c1-30(2)20-8-10-21(11-9-20)31-26(32)24(36-27(31)35)14-17-12-22(28)25(23(13-17)33-3)34-16-19-7-5-4-6-18(19)15-29/h4-14H,16H2,1-3H3/b24-14-. The lowest BCUT2D eigenvalue weighted by Gasteiger charge is -2.17. The van der Waals surface area contributed by atoms with Gasteiger partial charge in [-0.15, -0.1) is 0 Å². The van der Waals surface area contributed by atoms with Crippen LogP contribution in [-0.2, 0) is 11.4 Å². The van der Waals surface area contributed by atoms with Gasteiger partial charge in [-0.2, -0.15) is 5.26 Å². The molecule has 0 saturated carbocycles. The lowest BCUT2D eigenvalue weighted by molar-refractivity contribution is -0.113. The molecule has 0 N–H and O–H groups in total. The van der Waals surface area contributed by atoms with Crippen molar-refractivity contribution in [1.82, 2.24) is 0 Å². The van der Waals surface area contributed by atoms with E-state index in [9.17, 15) is 10.1 Å². The van der Waals surface area contributed by atoms with Gasteiger partial charge in [-0.3, -0.25) is 9.69 Å². The van der Waals surface area contributed by atoms with Crippen molar-refractivity contribution in [3.8, 4) is 17.6 Å². The van der Waals surface area contributed by atoms with E-state index in [1.54, 1.807) is 30.3 Å². The van der Waals surface area contributed by atoms with Crippen molar-refractivity contribution in [1.29, 1.82) is 5.26 Å². The number of thioether (sulfide) groups is 1. The van der Waals surface area contributed by atoms with Gasteiger partial charge in [-0.05, 0) is 54.1 Å². The zero-order valence-corrected chi connectivity index (χ0v) is 22.2. The molecule has 9 heteroatoms. The number of hydrogen-bond donors (Lipinski definition) is 0. The predicted octanol–water partition coefficient (Wildman–Crippen LogP) is 6.27. The molecule has 4 rings (SSSR count). The van der Waals surface area contributed by atoms with E-state index in [4.69, 9.17) is 33.3 Å². The maximum absolute atomic E-state index is 13.2. The first-order valence-electron chi connectivity index (χ1n) is 10.9. The lowest BCUT2D eigenvalue weighted by Crippen LogP contribution is -2.27. The Bertz CT molecular complexity index is 1400. The van der Waals surface area contributed by atoms with Crippen LogP contribution in [0.1, 0.15) is 16.7 Å². The highest BCUT2D eigenvalue weighted by molar-refractivity contribution is 8.27. The number of carbonyl (C=O) groups excluding carboxylic acids is 1. The van der Waals surface area contributed by atoms with E-state index >= 15 is 0 Å². The number of nitrogens with zero attached hydrogens (tertiary/aromatic N) is 3. The van der Waals surface area contributed by atoms with Crippen LogP contribution in [0.5, 0.6) is 11.5 Å². The molecular formula is C27H22ClN3O3S2. The Labute approximate surface area is 224 Å². The van der Waals surface area contributed by atoms with Crippen LogP contribution in [0.3, 0.4) is 0 Å². The normalized spacial score (nSPS) is 14.2. The highest BCUT2D eigenvalue weighted by Crippen LogP contribution is 2.40. The number of methoxy groups -OCH3 is 1. The molecule has 0 aromatic heterocycles. The van der Waals surface area contributed by atoms with Crippen LogP contribution in [0.15, 0.2) is 65.6 Å². The Morgan fingerprint density at radius 2 is 1.89 bits per heavy atom. The molecule has 0 aliphatic carbocycles. The summed E-state index contributed by atoms with van der Waals surface area (Å²) in [4.78, 5) is 17.2. The fourth-order valence-corrected chi connectivity index (χ4v) is 5.18. The molecule has 1 amide bonds. The third kappa shape index (κ3) is 5.34. The highest BCUT2D eigenvalue weighted by Gasteiger charge is 2.33. The van der Waals surface area contributed by atoms with Crippen LogP contribution in [0.2, 0.25) is 5.02 Å². The van der Waals surface area contributed by atoms with Crippen LogP contribution in [-0.4, -0.2) is 31.4 Å². The molecule has 1 fully saturated rings. The molecule has 0 bridgehead atoms. The molecule has 1 aliphatic heterocycles. The monoisotopic (exact) mass is 535 g/mol. The number of benzene rings is 3. The van der Waals surface area contributed by atoms with Gasteiger partial charge in [0.25, 0.3) is 5.91 Å². The van der Waals surface area contributed by atoms with Gasteiger partial charge in [0.05, 0.1) is 34.4 Å². The van der Waals surface area contributed by atoms with E-state index in [0.29, 0.717) is 42.6 Å². The van der Waals surface area contributed by atoms with Crippen molar-refractivity contribution >= 4 is 63.3 Å². The topological polar surface area (TPSA) is 65.8 Å². The number of amides is 1. The summed E-state index contributed by atoms with van der Waals surface area (Å²) in [5.74, 6) is 0.571. The molecule has 0 radical (unpaired) electrons. The SMILES string of the molecule is COc1cc(/C=C2\SC(=S)N(c3ccc(N(C)C)cc3)C2=O)cc(Cl)c1OCc1ccccc1C#N. The second-order valence-corrected chi connectivity index (χ2v) is 10.1. The number of carbonyl (C=O) groups is 1. The molecule has 1 heterocycles. The summed E-state index contributed by atoms with van der Waals surface area (Å²) in [6.45, 7) is 0.157. The summed E-state index contributed by atoms with van der Waals surface area (Å²) < 4.78 is 11.9. The van der Waals surface area contributed by atoms with Crippen LogP contribution in [0.25, 0.3) is 6.08 Å². The lowest BCUT2D eigenvalue weighted by atomic mass is 10.1. The molecule has 6 nitrogen and oxygen atoms in total. The molecule has 182 valence electrons. The van der Waals surface area contributed by atoms with Gasteiger partial charge in [0.1, 0.15) is 6.61 Å². The average molecular weight is 536 g/mol. The Morgan fingerprint density at radius 1 is 1.17 bits per heavy atom. The Hall–Kier alpha value is -3.51. The maximum Gasteiger partial charge on any atom is 0.270 e. The Kier molecular flexibility index (Phi) is 7.85. The van der Waals surface area contributed by atoms with Crippen molar-refractivity contribution in [2.45, 2.75) is 6.61 Å². The highest BCUT2D eigenvalue weighted by atomic mass is 35.5. The second kappa shape index (κ2) is 11.0. The number of rotatable bonds is 7. The maximum atomic E-state index is 13.2. The van der Waals surface area contributed by atoms with Gasteiger partial charge in [0.15, 0.2) is 15.8 Å². The van der Waals surface area contributed by atoms with E-state index < -0.39 is 0 Å². The van der Waals surface area contributed by atoms with E-state index in [1.807, 2.05) is 55.4 Å². The Balaban J connectivity index is 1.57. The molecule has 3 aromatic carbocycles. The quantitative estimate of drug-likeness (QED) is 0.261. The third-order valence-corrected chi connectivity index (χ3v) is 7.06. The number of halogens is 1. The summed E-state index contributed by atoms with van der Waals surface area (Å²) in [5, 5.41) is 9.63. The summed E-state index contributed by atoms with van der Waals surface area (Å²) in [6, 6.07) is 20.4. The van der Waals surface area contributed by atoms with E-state index in [-0.39, 0.29) is 12.5 Å². The van der Waals surface area contributed by atoms with E-state index in [0.717, 1.165) is 11.3 Å². The van der Waals surface area contributed by atoms with E-state index in [2.05, 4.69) is 6.07 Å². The van der Waals surface area contributed by atoms with Gasteiger partial charge >= 0.3 is 0 Å². The van der Waals surface area contributed by atoms with Gasteiger partial charge in [0.2, 0.25) is 0 Å². The van der Waals surface area contributed by atoms with Crippen LogP contribution in [0.4, 0.5) is 11.4 Å². The molecule has 3 aromatic rings. The minimum Gasteiger partial charge on any atom is -0.493 e. The minimum absolute atomic E-state index is 0.157. The molecule has 0 unspecified atom stereocenters. The van der Waals surface area contributed by atoms with Gasteiger partial charge < -0.3 is 14.4 Å². The van der Waals surface area contributed by atoms with Gasteiger partial charge in [0, 0.05) is 25.3 Å². The molecule has 0 spiro atoms. The zero-order chi connectivity index (χ0) is 25.8. The van der Waals surface area contributed by atoms with E-state index in [1.165, 1.54) is 23.8 Å². The number of thiocarbonyl (C=S) groups is 1. The number of hydrogen-bond acceptors (Lipinski definition) is 7. The molecule has 36 heavy (non-hydrogen) atoms. The van der Waals surface area contributed by atoms with Crippen LogP contribution >= 0.6 is 35.6 Å². The van der Waals surface area contributed by atoms with Gasteiger partial charge in [-0.1, -0.05) is 53.8 Å². The fraction of sp³-hybridized carbons (Fsp3) is 0.148. The van der Waals surface area contributed by atoms with Crippen LogP contribution < -0.4 is 19.3 Å². The third-order valence-electron chi connectivity index (χ3n) is 5.48. The minimum atomic E-state index is -0.203. The van der Waals surface area contributed by atoms with Crippen molar-refractivity contribution in [2.24, 2.45) is 0 Å². The number of nitriles is 1. The van der Waals surface area contributed by atoms with Crippen LogP contribution in [0, 0.1) is 11.3 Å². The van der Waals surface area contributed by atoms with Crippen molar-refractivity contribution in [3.05, 3.63) is 87.3 Å². The second-order valence-electron chi connectivity index (χ2n) is 8.02. The summed E-state index contributed by atoms with van der Waals surface area (Å²) in [7, 11) is 5.43. The molecule has 0 atom stereocenters. The molecular weight excluding hydrogens is 514 g/mol. The average Bonchev–Trinajstić information content (AvgIpc) is 3.15. The van der Waals surface area contributed by atoms with Crippen molar-refractivity contribution < 1.29 is 14.3 Å². The number of anilines is 2. The molecule has 1 saturated heterocycles. The number of ether oxygens (including phenoxy) is 2. The zero-order valence-electron chi connectivity index (χ0n) is 19.8. The first-order chi connectivity index (χ1) is 17.3. The Morgan fingerprint density at radius 3 is 2.56 bits per heavy atom. The summed E-state index contributed by atoms with van der Waals surface area (Å²) in [6.07, 6.45) is 1.73. The predicted molar refractivity (Wildman–Crippen MR) is 150 cm³/mol. The first-order valence-corrected chi connectivity index (χ1v) is 12.5. The summed E-state index contributed by atoms with van der Waals surface area (Å²) in [5.41, 5.74) is 3.68. The first kappa shape index (κ1) is 25.6. The fourth-order valence-electron chi connectivity index (χ4n) is 3.61. The smallest absolute Gasteiger partial charge is 0.270 e. The van der Waals surface area contributed by atoms with Crippen molar-refractivity contribution in [3.63, 3.8) is 0 Å². The van der Waals surface area contributed by atoms with Gasteiger partial charge in [-0.25, -0.2) is 0 Å². The van der Waals surface area contributed by atoms with Crippen molar-refractivity contribution in [2.75, 3.05) is 31.0 Å². The largest absolute Gasteiger partial charge is 0.493 e. The summed E-state index contributed by atoms with van der Waals surface area (Å²) >= 11 is 13.3. The molecule has 1 aliphatic rings.